The number of piperidine rings is 3. The number of fused-ring (bicyclic) bond motifs is 3. The van der Waals surface area contributed by atoms with Crippen LogP contribution in [0.2, 0.25) is 0 Å². The van der Waals surface area contributed by atoms with Crippen LogP contribution >= 0.6 is 0 Å². The number of hydrogen-bond donors (Lipinski definition) is 1. The van der Waals surface area contributed by atoms with E-state index in [1.54, 1.807) is 6.07 Å². The number of hydrogen-bond acceptors (Lipinski definition) is 3. The SMILES string of the molecule is CC1CC2CCN1C[C@@H]2NC(=O)c1ccc(-c2ccccc2)o1. The molecule has 1 N–H and O–H groups in total. The maximum absolute atomic E-state index is 12.5. The lowest BCUT2D eigenvalue weighted by Gasteiger charge is -2.48. The molecule has 3 fully saturated rings. The normalized spacial score (nSPS) is 29.4. The van der Waals surface area contributed by atoms with E-state index >= 15 is 0 Å². The van der Waals surface area contributed by atoms with Crippen LogP contribution in [0.15, 0.2) is 46.9 Å². The van der Waals surface area contributed by atoms with Crippen molar-refractivity contribution in [3.8, 4) is 11.3 Å². The van der Waals surface area contributed by atoms with Gasteiger partial charge >= 0.3 is 0 Å². The maximum atomic E-state index is 12.5. The van der Waals surface area contributed by atoms with Crippen molar-refractivity contribution >= 4 is 5.91 Å². The van der Waals surface area contributed by atoms with Gasteiger partial charge in [-0.05, 0) is 44.4 Å². The third kappa shape index (κ3) is 2.79. The Kier molecular flexibility index (Phi) is 3.69. The van der Waals surface area contributed by atoms with Gasteiger partial charge in [0, 0.05) is 24.2 Å². The maximum Gasteiger partial charge on any atom is 0.287 e. The first-order valence-corrected chi connectivity index (χ1v) is 8.41. The van der Waals surface area contributed by atoms with Crippen LogP contribution in [0.4, 0.5) is 0 Å². The van der Waals surface area contributed by atoms with Gasteiger partial charge in [-0.2, -0.15) is 0 Å². The molecular formula is C19H22N2O2. The van der Waals surface area contributed by atoms with E-state index in [2.05, 4.69) is 17.1 Å². The van der Waals surface area contributed by atoms with Gasteiger partial charge in [-0.25, -0.2) is 0 Å². The highest BCUT2D eigenvalue weighted by Gasteiger charge is 2.39. The predicted molar refractivity (Wildman–Crippen MR) is 89.2 cm³/mol. The minimum absolute atomic E-state index is 0.0985. The predicted octanol–water partition coefficient (Wildman–Crippen LogP) is 3.16. The quantitative estimate of drug-likeness (QED) is 0.947. The van der Waals surface area contributed by atoms with Crippen molar-refractivity contribution in [2.75, 3.05) is 13.1 Å². The molecule has 4 heterocycles. The number of nitrogens with one attached hydrogen (secondary N) is 1. The molecule has 1 aromatic heterocycles. The van der Waals surface area contributed by atoms with Crippen LogP contribution in [0.25, 0.3) is 11.3 Å². The summed E-state index contributed by atoms with van der Waals surface area (Å²) < 4.78 is 5.75. The fourth-order valence-electron chi connectivity index (χ4n) is 3.92. The van der Waals surface area contributed by atoms with Gasteiger partial charge in [0.15, 0.2) is 5.76 Å². The molecule has 0 saturated carbocycles. The van der Waals surface area contributed by atoms with Crippen LogP contribution in [0, 0.1) is 5.92 Å². The summed E-state index contributed by atoms with van der Waals surface area (Å²) in [5, 5.41) is 3.18. The highest BCUT2D eigenvalue weighted by atomic mass is 16.3. The molecule has 2 aromatic rings. The van der Waals surface area contributed by atoms with Crippen molar-refractivity contribution in [3.05, 3.63) is 48.2 Å². The van der Waals surface area contributed by atoms with E-state index in [4.69, 9.17) is 4.42 Å². The number of carbonyl (C=O) groups is 1. The lowest BCUT2D eigenvalue weighted by atomic mass is 9.80. The molecule has 4 nitrogen and oxygen atoms in total. The fraction of sp³-hybridized carbons (Fsp3) is 0.421. The van der Waals surface area contributed by atoms with Crippen molar-refractivity contribution in [2.24, 2.45) is 5.92 Å². The molecule has 4 heteroatoms. The Labute approximate surface area is 136 Å². The van der Waals surface area contributed by atoms with Crippen LogP contribution < -0.4 is 5.32 Å². The topological polar surface area (TPSA) is 45.5 Å². The summed E-state index contributed by atoms with van der Waals surface area (Å²) in [6, 6.07) is 14.4. The van der Waals surface area contributed by atoms with E-state index in [1.807, 2.05) is 36.4 Å². The van der Waals surface area contributed by atoms with E-state index < -0.39 is 0 Å². The lowest BCUT2D eigenvalue weighted by Crippen LogP contribution is -2.60. The standard InChI is InChI=1S/C19H22N2O2/c1-13-11-15-9-10-21(13)12-16(15)20-19(22)18-8-7-17(23-18)14-5-3-2-4-6-14/h2-8,13,15-16H,9-12H2,1H3,(H,20,22)/t13?,15?,16-/m0/s1. The van der Waals surface area contributed by atoms with E-state index in [9.17, 15) is 4.79 Å². The molecule has 3 aliphatic rings. The molecule has 2 bridgehead atoms. The van der Waals surface area contributed by atoms with Gasteiger partial charge in [0.1, 0.15) is 5.76 Å². The third-order valence-corrected chi connectivity index (χ3v) is 5.26. The molecule has 23 heavy (non-hydrogen) atoms. The number of amides is 1. The molecule has 0 radical (unpaired) electrons. The first kappa shape index (κ1) is 14.5. The number of nitrogens with zero attached hydrogens (tertiary/aromatic N) is 1. The molecule has 3 aliphatic heterocycles. The lowest BCUT2D eigenvalue weighted by molar-refractivity contribution is 0.0269. The molecule has 4 atom stereocenters. The van der Waals surface area contributed by atoms with E-state index in [1.165, 1.54) is 12.8 Å². The van der Waals surface area contributed by atoms with Gasteiger partial charge in [0.2, 0.25) is 0 Å². The van der Waals surface area contributed by atoms with E-state index in [-0.39, 0.29) is 11.9 Å². The Morgan fingerprint density at radius 2 is 2.04 bits per heavy atom. The van der Waals surface area contributed by atoms with Crippen LogP contribution in [-0.2, 0) is 0 Å². The van der Waals surface area contributed by atoms with Gasteiger partial charge in [0.05, 0.1) is 0 Å². The number of rotatable bonds is 3. The summed E-state index contributed by atoms with van der Waals surface area (Å²) in [5.41, 5.74) is 0.989. The first-order valence-electron chi connectivity index (χ1n) is 8.41. The van der Waals surface area contributed by atoms with Gasteiger partial charge < -0.3 is 9.73 Å². The second kappa shape index (κ2) is 5.85. The minimum Gasteiger partial charge on any atom is -0.451 e. The van der Waals surface area contributed by atoms with Gasteiger partial charge in [0.25, 0.3) is 5.91 Å². The Bertz CT molecular complexity index is 694. The van der Waals surface area contributed by atoms with Crippen LogP contribution in [0.3, 0.4) is 0 Å². The number of furan rings is 1. The second-order valence-corrected chi connectivity index (χ2v) is 6.74. The average molecular weight is 310 g/mol. The van der Waals surface area contributed by atoms with Crippen molar-refractivity contribution in [2.45, 2.75) is 31.8 Å². The average Bonchev–Trinajstić information content (AvgIpc) is 3.07. The highest BCUT2D eigenvalue weighted by Crippen LogP contribution is 2.32. The van der Waals surface area contributed by atoms with E-state index in [0.29, 0.717) is 17.7 Å². The zero-order chi connectivity index (χ0) is 15.8. The van der Waals surface area contributed by atoms with Crippen molar-refractivity contribution in [3.63, 3.8) is 0 Å². The monoisotopic (exact) mass is 310 g/mol. The zero-order valence-corrected chi connectivity index (χ0v) is 13.4. The number of carbonyl (C=O) groups excluding carboxylic acids is 1. The number of benzene rings is 1. The molecule has 5 rings (SSSR count). The molecule has 1 aromatic carbocycles. The van der Waals surface area contributed by atoms with Gasteiger partial charge in [-0.3, -0.25) is 9.69 Å². The molecular weight excluding hydrogens is 288 g/mol. The Morgan fingerprint density at radius 1 is 1.22 bits per heavy atom. The summed E-state index contributed by atoms with van der Waals surface area (Å²) >= 11 is 0. The molecule has 3 saturated heterocycles. The Morgan fingerprint density at radius 3 is 2.74 bits per heavy atom. The zero-order valence-electron chi connectivity index (χ0n) is 13.4. The van der Waals surface area contributed by atoms with Gasteiger partial charge in [-0.15, -0.1) is 0 Å². The van der Waals surface area contributed by atoms with Crippen molar-refractivity contribution in [1.29, 1.82) is 0 Å². The smallest absolute Gasteiger partial charge is 0.287 e. The Hall–Kier alpha value is -2.07. The molecule has 0 aliphatic carbocycles. The van der Waals surface area contributed by atoms with Crippen LogP contribution in [0.5, 0.6) is 0 Å². The molecule has 0 spiro atoms. The first-order chi connectivity index (χ1) is 11.2. The second-order valence-electron chi connectivity index (χ2n) is 6.74. The fourth-order valence-corrected chi connectivity index (χ4v) is 3.92. The molecule has 1 amide bonds. The Balaban J connectivity index is 1.45. The highest BCUT2D eigenvalue weighted by molar-refractivity contribution is 5.92. The minimum atomic E-state index is -0.0985. The van der Waals surface area contributed by atoms with Crippen LogP contribution in [0.1, 0.15) is 30.3 Å². The summed E-state index contributed by atoms with van der Waals surface area (Å²) in [5.74, 6) is 1.63. The van der Waals surface area contributed by atoms with E-state index in [0.717, 1.165) is 24.4 Å². The van der Waals surface area contributed by atoms with Crippen molar-refractivity contribution in [1.82, 2.24) is 10.2 Å². The summed E-state index contributed by atoms with van der Waals surface area (Å²) in [6.07, 6.45) is 2.36. The summed E-state index contributed by atoms with van der Waals surface area (Å²) in [7, 11) is 0. The largest absolute Gasteiger partial charge is 0.451 e. The third-order valence-electron chi connectivity index (χ3n) is 5.26. The van der Waals surface area contributed by atoms with Gasteiger partial charge in [-0.1, -0.05) is 30.3 Å². The van der Waals surface area contributed by atoms with Crippen molar-refractivity contribution < 1.29 is 9.21 Å². The van der Waals surface area contributed by atoms with Crippen LogP contribution in [-0.4, -0.2) is 36.0 Å². The molecule has 120 valence electrons. The molecule has 3 unspecified atom stereocenters. The summed E-state index contributed by atoms with van der Waals surface area (Å²) in [4.78, 5) is 15.0. The summed E-state index contributed by atoms with van der Waals surface area (Å²) in [6.45, 7) is 4.41.